The summed E-state index contributed by atoms with van der Waals surface area (Å²) in [5.41, 5.74) is 4.03. The van der Waals surface area contributed by atoms with Crippen molar-refractivity contribution < 1.29 is 9.84 Å². The Morgan fingerprint density at radius 1 is 1.41 bits per heavy atom. The van der Waals surface area contributed by atoms with Gasteiger partial charge in [0.1, 0.15) is 12.0 Å². The van der Waals surface area contributed by atoms with Crippen molar-refractivity contribution >= 4 is 11.4 Å². The van der Waals surface area contributed by atoms with E-state index in [9.17, 15) is 5.11 Å². The van der Waals surface area contributed by atoms with E-state index in [0.717, 1.165) is 35.7 Å². The summed E-state index contributed by atoms with van der Waals surface area (Å²) in [6.07, 6.45) is 0.341. The number of nitrogens with one attached hydrogen (secondary N) is 2. The van der Waals surface area contributed by atoms with Gasteiger partial charge >= 0.3 is 0 Å². The van der Waals surface area contributed by atoms with Crippen molar-refractivity contribution in [3.05, 3.63) is 17.2 Å². The number of aryl methyl sites for hydroxylation is 1. The lowest BCUT2D eigenvalue weighted by atomic mass is 9.94. The number of aliphatic hydroxyl groups excluding tert-OH is 1. The van der Waals surface area contributed by atoms with E-state index in [1.54, 1.807) is 0 Å². The first-order valence-electron chi connectivity index (χ1n) is 6.01. The van der Waals surface area contributed by atoms with Crippen LogP contribution in [0.25, 0.3) is 0 Å². The second-order valence-corrected chi connectivity index (χ2v) is 5.41. The second kappa shape index (κ2) is 3.29. The van der Waals surface area contributed by atoms with Gasteiger partial charge in [0, 0.05) is 12.0 Å². The van der Waals surface area contributed by atoms with Crippen LogP contribution in [0.3, 0.4) is 0 Å². The molecule has 1 unspecified atom stereocenters. The molecule has 2 heterocycles. The maximum atomic E-state index is 10.1. The molecule has 1 aromatic carbocycles. The SMILES string of the molecule is Cc1cc2c(c3c1NC(O)C(C)(C)N3)CCO2. The fourth-order valence-electron chi connectivity index (χ4n) is 2.50. The van der Waals surface area contributed by atoms with E-state index in [1.165, 1.54) is 5.56 Å². The molecule has 2 aliphatic rings. The number of fused-ring (bicyclic) bond motifs is 3. The third-order valence-electron chi connectivity index (χ3n) is 3.61. The van der Waals surface area contributed by atoms with Crippen LogP contribution >= 0.6 is 0 Å². The van der Waals surface area contributed by atoms with Gasteiger partial charge < -0.3 is 20.5 Å². The van der Waals surface area contributed by atoms with Crippen molar-refractivity contribution in [2.24, 2.45) is 0 Å². The number of aliphatic hydroxyl groups is 1. The Balaban J connectivity index is 2.17. The third-order valence-corrected chi connectivity index (χ3v) is 3.61. The van der Waals surface area contributed by atoms with Crippen LogP contribution in [-0.4, -0.2) is 23.5 Å². The number of anilines is 2. The van der Waals surface area contributed by atoms with Gasteiger partial charge in [-0.1, -0.05) is 0 Å². The normalized spacial score (nSPS) is 24.1. The molecular formula is C13H18N2O2. The van der Waals surface area contributed by atoms with Gasteiger partial charge in [-0.25, -0.2) is 0 Å². The van der Waals surface area contributed by atoms with E-state index < -0.39 is 6.23 Å². The Labute approximate surface area is 101 Å². The zero-order valence-electron chi connectivity index (χ0n) is 10.4. The van der Waals surface area contributed by atoms with Gasteiger partial charge in [-0.3, -0.25) is 0 Å². The molecule has 1 atom stereocenters. The molecule has 17 heavy (non-hydrogen) atoms. The summed E-state index contributed by atoms with van der Waals surface area (Å²) in [6.45, 7) is 6.74. The smallest absolute Gasteiger partial charge is 0.147 e. The third kappa shape index (κ3) is 1.47. The zero-order valence-corrected chi connectivity index (χ0v) is 10.4. The molecule has 0 fully saturated rings. The number of rotatable bonds is 0. The van der Waals surface area contributed by atoms with Gasteiger partial charge in [0.2, 0.25) is 0 Å². The molecule has 92 valence electrons. The van der Waals surface area contributed by atoms with Crippen molar-refractivity contribution in [3.63, 3.8) is 0 Å². The van der Waals surface area contributed by atoms with Crippen LogP contribution in [0.5, 0.6) is 5.75 Å². The van der Waals surface area contributed by atoms with Crippen LogP contribution in [0, 0.1) is 6.92 Å². The van der Waals surface area contributed by atoms with Crippen molar-refractivity contribution in [2.75, 3.05) is 17.2 Å². The van der Waals surface area contributed by atoms with E-state index in [1.807, 2.05) is 26.8 Å². The molecule has 3 N–H and O–H groups in total. The second-order valence-electron chi connectivity index (χ2n) is 5.41. The molecule has 4 nitrogen and oxygen atoms in total. The lowest BCUT2D eigenvalue weighted by Crippen LogP contribution is -2.51. The zero-order chi connectivity index (χ0) is 12.2. The van der Waals surface area contributed by atoms with Gasteiger partial charge in [-0.15, -0.1) is 0 Å². The molecule has 0 bridgehead atoms. The largest absolute Gasteiger partial charge is 0.493 e. The molecule has 0 saturated carbocycles. The molecule has 0 spiro atoms. The molecule has 0 radical (unpaired) electrons. The number of hydrogen-bond acceptors (Lipinski definition) is 4. The standard InChI is InChI=1S/C13H18N2O2/c1-7-6-9-8(4-5-17-9)11-10(7)14-12(16)13(2,3)15-11/h6,12,14-16H,4-5H2,1-3H3. The first-order chi connectivity index (χ1) is 7.99. The lowest BCUT2D eigenvalue weighted by Gasteiger charge is -2.40. The van der Waals surface area contributed by atoms with Gasteiger partial charge in [-0.05, 0) is 32.4 Å². The Morgan fingerprint density at radius 2 is 2.18 bits per heavy atom. The molecule has 0 aromatic heterocycles. The number of ether oxygens (including phenoxy) is 1. The van der Waals surface area contributed by atoms with Gasteiger partial charge in [0.05, 0.1) is 23.5 Å². The van der Waals surface area contributed by atoms with E-state index in [-0.39, 0.29) is 5.54 Å². The van der Waals surface area contributed by atoms with Crippen molar-refractivity contribution in [1.29, 1.82) is 0 Å². The summed E-state index contributed by atoms with van der Waals surface area (Å²) in [4.78, 5) is 0. The first kappa shape index (κ1) is 10.7. The topological polar surface area (TPSA) is 53.5 Å². The van der Waals surface area contributed by atoms with Crippen LogP contribution in [0.2, 0.25) is 0 Å². The Bertz CT molecular complexity index is 483. The Morgan fingerprint density at radius 3 is 2.94 bits per heavy atom. The highest BCUT2D eigenvalue weighted by Crippen LogP contribution is 2.44. The predicted molar refractivity (Wildman–Crippen MR) is 67.7 cm³/mol. The summed E-state index contributed by atoms with van der Waals surface area (Å²) >= 11 is 0. The summed E-state index contributed by atoms with van der Waals surface area (Å²) in [5, 5.41) is 16.7. The van der Waals surface area contributed by atoms with Crippen LogP contribution in [0.1, 0.15) is 25.0 Å². The summed E-state index contributed by atoms with van der Waals surface area (Å²) < 4.78 is 5.61. The molecule has 4 heteroatoms. The maximum absolute atomic E-state index is 10.1. The first-order valence-corrected chi connectivity index (χ1v) is 6.01. The Hall–Kier alpha value is -1.42. The van der Waals surface area contributed by atoms with Crippen LogP contribution in [0.15, 0.2) is 6.07 Å². The highest BCUT2D eigenvalue weighted by molar-refractivity contribution is 5.82. The predicted octanol–water partition coefficient (Wildman–Crippen LogP) is 1.86. The van der Waals surface area contributed by atoms with Crippen LogP contribution < -0.4 is 15.4 Å². The number of benzene rings is 1. The van der Waals surface area contributed by atoms with E-state index in [4.69, 9.17) is 4.74 Å². The molecule has 0 saturated heterocycles. The maximum Gasteiger partial charge on any atom is 0.147 e. The molecule has 0 amide bonds. The van der Waals surface area contributed by atoms with Crippen molar-refractivity contribution in [1.82, 2.24) is 0 Å². The fourth-order valence-corrected chi connectivity index (χ4v) is 2.50. The van der Waals surface area contributed by atoms with Gasteiger partial charge in [-0.2, -0.15) is 0 Å². The average Bonchev–Trinajstić information content (AvgIpc) is 2.69. The van der Waals surface area contributed by atoms with E-state index in [0.29, 0.717) is 0 Å². The van der Waals surface area contributed by atoms with Gasteiger partial charge in [0.15, 0.2) is 0 Å². The van der Waals surface area contributed by atoms with Crippen molar-refractivity contribution in [2.45, 2.75) is 39.0 Å². The van der Waals surface area contributed by atoms with Gasteiger partial charge in [0.25, 0.3) is 0 Å². The minimum Gasteiger partial charge on any atom is -0.493 e. The summed E-state index contributed by atoms with van der Waals surface area (Å²) in [6, 6.07) is 2.04. The summed E-state index contributed by atoms with van der Waals surface area (Å²) in [5.74, 6) is 0.975. The van der Waals surface area contributed by atoms with E-state index in [2.05, 4.69) is 10.6 Å². The highest BCUT2D eigenvalue weighted by atomic mass is 16.5. The molecular weight excluding hydrogens is 216 g/mol. The van der Waals surface area contributed by atoms with Crippen molar-refractivity contribution in [3.8, 4) is 5.75 Å². The minimum atomic E-state index is -0.589. The lowest BCUT2D eigenvalue weighted by molar-refractivity contribution is 0.138. The molecule has 1 aromatic rings. The van der Waals surface area contributed by atoms with E-state index >= 15 is 0 Å². The summed E-state index contributed by atoms with van der Waals surface area (Å²) in [7, 11) is 0. The molecule has 0 aliphatic carbocycles. The van der Waals surface area contributed by atoms with Crippen LogP contribution in [-0.2, 0) is 6.42 Å². The number of hydrogen-bond donors (Lipinski definition) is 3. The highest BCUT2D eigenvalue weighted by Gasteiger charge is 2.36. The Kier molecular flexibility index (Phi) is 2.08. The monoisotopic (exact) mass is 234 g/mol. The quantitative estimate of drug-likeness (QED) is 0.641. The minimum absolute atomic E-state index is 0.378. The van der Waals surface area contributed by atoms with Crippen LogP contribution in [0.4, 0.5) is 11.4 Å². The molecule has 2 aliphatic heterocycles. The fraction of sp³-hybridized carbons (Fsp3) is 0.538. The molecule has 3 rings (SSSR count). The average molecular weight is 234 g/mol.